The molecule has 1 unspecified atom stereocenters. The summed E-state index contributed by atoms with van der Waals surface area (Å²) >= 11 is 0. The molecule has 1 heterocycles. The van der Waals surface area contributed by atoms with Crippen molar-refractivity contribution in [3.63, 3.8) is 0 Å². The third kappa shape index (κ3) is 4.59. The highest BCUT2D eigenvalue weighted by atomic mass is 16.2. The Hall–Kier alpha value is -1.43. The minimum absolute atomic E-state index is 0.0175. The number of aldehydes is 1. The fourth-order valence-corrected chi connectivity index (χ4v) is 3.01. The Bertz CT molecular complexity index is 367. The lowest BCUT2D eigenvalue weighted by molar-refractivity contribution is -0.122. The van der Waals surface area contributed by atoms with E-state index in [4.69, 9.17) is 0 Å². The van der Waals surface area contributed by atoms with Crippen LogP contribution in [0.3, 0.4) is 0 Å². The molecule has 2 N–H and O–H groups in total. The summed E-state index contributed by atoms with van der Waals surface area (Å²) in [5.74, 6) is -0.282. The summed E-state index contributed by atoms with van der Waals surface area (Å²) in [4.78, 5) is 36.1. The molecule has 1 aliphatic heterocycles. The topological polar surface area (TPSA) is 78.5 Å². The van der Waals surface area contributed by atoms with Gasteiger partial charge in [-0.2, -0.15) is 0 Å². The number of urea groups is 1. The highest BCUT2D eigenvalue weighted by Gasteiger charge is 2.22. The molecule has 0 aromatic rings. The van der Waals surface area contributed by atoms with Crippen LogP contribution in [0.1, 0.15) is 38.5 Å². The summed E-state index contributed by atoms with van der Waals surface area (Å²) in [5, 5.41) is 5.19. The SMILES string of the molecule is O=CC1CCCN(CC(=O)NC(=O)NC2CCCC2)C1. The van der Waals surface area contributed by atoms with Crippen LogP contribution >= 0.6 is 0 Å². The molecule has 20 heavy (non-hydrogen) atoms. The molecule has 0 aromatic heterocycles. The van der Waals surface area contributed by atoms with E-state index in [1.165, 1.54) is 0 Å². The Morgan fingerprint density at radius 1 is 1.15 bits per heavy atom. The van der Waals surface area contributed by atoms with Crippen LogP contribution in [-0.2, 0) is 9.59 Å². The van der Waals surface area contributed by atoms with E-state index in [0.717, 1.165) is 51.4 Å². The minimum atomic E-state index is -0.397. The van der Waals surface area contributed by atoms with Crippen molar-refractivity contribution in [3.8, 4) is 0 Å². The van der Waals surface area contributed by atoms with Crippen molar-refractivity contribution in [2.75, 3.05) is 19.6 Å². The number of imide groups is 1. The van der Waals surface area contributed by atoms with Crippen LogP contribution in [0.25, 0.3) is 0 Å². The number of hydrogen-bond donors (Lipinski definition) is 2. The van der Waals surface area contributed by atoms with Gasteiger partial charge in [-0.25, -0.2) is 4.79 Å². The normalized spacial score (nSPS) is 24.3. The maximum atomic E-state index is 11.8. The van der Waals surface area contributed by atoms with Gasteiger partial charge in [0.2, 0.25) is 5.91 Å². The number of likely N-dealkylation sites (tertiary alicyclic amines) is 1. The summed E-state index contributed by atoms with van der Waals surface area (Å²) in [7, 11) is 0. The van der Waals surface area contributed by atoms with Crippen LogP contribution in [-0.4, -0.2) is 48.8 Å². The molecule has 1 aliphatic carbocycles. The van der Waals surface area contributed by atoms with E-state index in [1.54, 1.807) is 0 Å². The molecular weight excluding hydrogens is 258 g/mol. The molecule has 0 spiro atoms. The van der Waals surface area contributed by atoms with Gasteiger partial charge >= 0.3 is 6.03 Å². The van der Waals surface area contributed by atoms with Crippen LogP contribution < -0.4 is 10.6 Å². The zero-order chi connectivity index (χ0) is 14.4. The van der Waals surface area contributed by atoms with E-state index >= 15 is 0 Å². The quantitative estimate of drug-likeness (QED) is 0.742. The van der Waals surface area contributed by atoms with Gasteiger partial charge in [-0.15, -0.1) is 0 Å². The molecule has 112 valence electrons. The van der Waals surface area contributed by atoms with E-state index in [-0.39, 0.29) is 24.4 Å². The first-order valence-corrected chi connectivity index (χ1v) is 7.45. The molecule has 6 heteroatoms. The van der Waals surface area contributed by atoms with Crippen molar-refractivity contribution in [2.24, 2.45) is 5.92 Å². The van der Waals surface area contributed by atoms with Gasteiger partial charge in [-0.05, 0) is 32.2 Å². The molecule has 2 fully saturated rings. The number of nitrogens with zero attached hydrogens (tertiary/aromatic N) is 1. The lowest BCUT2D eigenvalue weighted by Gasteiger charge is -2.29. The summed E-state index contributed by atoms with van der Waals surface area (Å²) in [6.45, 7) is 1.60. The fourth-order valence-electron chi connectivity index (χ4n) is 3.01. The Morgan fingerprint density at radius 3 is 2.60 bits per heavy atom. The second kappa shape index (κ2) is 7.38. The van der Waals surface area contributed by atoms with Crippen LogP contribution in [0.2, 0.25) is 0 Å². The van der Waals surface area contributed by atoms with E-state index in [0.29, 0.717) is 6.54 Å². The maximum Gasteiger partial charge on any atom is 0.321 e. The number of rotatable bonds is 4. The number of nitrogens with one attached hydrogen (secondary N) is 2. The summed E-state index contributed by atoms with van der Waals surface area (Å²) in [5.41, 5.74) is 0. The third-order valence-electron chi connectivity index (χ3n) is 4.04. The van der Waals surface area contributed by atoms with E-state index in [2.05, 4.69) is 10.6 Å². The molecule has 3 amide bonds. The maximum absolute atomic E-state index is 11.8. The van der Waals surface area contributed by atoms with Crippen molar-refractivity contribution in [1.82, 2.24) is 15.5 Å². The zero-order valence-corrected chi connectivity index (χ0v) is 11.8. The van der Waals surface area contributed by atoms with Crippen LogP contribution in [0, 0.1) is 5.92 Å². The zero-order valence-electron chi connectivity index (χ0n) is 11.8. The summed E-state index contributed by atoms with van der Waals surface area (Å²) < 4.78 is 0. The molecule has 0 bridgehead atoms. The number of carbonyl (C=O) groups excluding carboxylic acids is 3. The Labute approximate surface area is 119 Å². The lowest BCUT2D eigenvalue weighted by atomic mass is 10.00. The third-order valence-corrected chi connectivity index (χ3v) is 4.04. The van der Waals surface area contributed by atoms with Crippen molar-refractivity contribution in [3.05, 3.63) is 0 Å². The molecule has 1 atom stereocenters. The van der Waals surface area contributed by atoms with Crippen LogP contribution in [0.15, 0.2) is 0 Å². The fraction of sp³-hybridized carbons (Fsp3) is 0.786. The van der Waals surface area contributed by atoms with E-state index in [9.17, 15) is 14.4 Å². The number of hydrogen-bond acceptors (Lipinski definition) is 4. The molecule has 6 nitrogen and oxygen atoms in total. The Balaban J connectivity index is 1.68. The Kier molecular flexibility index (Phi) is 5.52. The smallest absolute Gasteiger partial charge is 0.321 e. The second-order valence-electron chi connectivity index (χ2n) is 5.78. The van der Waals surface area contributed by atoms with E-state index in [1.807, 2.05) is 4.90 Å². The second-order valence-corrected chi connectivity index (χ2v) is 5.78. The molecule has 0 aromatic carbocycles. The summed E-state index contributed by atoms with van der Waals surface area (Å²) in [6, 6.07) is -0.192. The monoisotopic (exact) mass is 281 g/mol. The van der Waals surface area contributed by atoms with Gasteiger partial charge in [0.25, 0.3) is 0 Å². The molecule has 1 saturated carbocycles. The Morgan fingerprint density at radius 2 is 1.90 bits per heavy atom. The van der Waals surface area contributed by atoms with Gasteiger partial charge in [0.05, 0.1) is 6.54 Å². The van der Waals surface area contributed by atoms with Gasteiger partial charge in [0, 0.05) is 18.5 Å². The largest absolute Gasteiger partial charge is 0.335 e. The van der Waals surface area contributed by atoms with Gasteiger partial charge in [-0.3, -0.25) is 15.0 Å². The van der Waals surface area contributed by atoms with Gasteiger partial charge < -0.3 is 10.1 Å². The lowest BCUT2D eigenvalue weighted by Crippen LogP contribution is -2.48. The number of amides is 3. The average Bonchev–Trinajstić information content (AvgIpc) is 2.91. The first-order valence-electron chi connectivity index (χ1n) is 7.45. The van der Waals surface area contributed by atoms with Crippen molar-refractivity contribution in [2.45, 2.75) is 44.6 Å². The molecule has 2 aliphatic rings. The van der Waals surface area contributed by atoms with E-state index < -0.39 is 6.03 Å². The first-order chi connectivity index (χ1) is 9.67. The number of piperidine rings is 1. The summed E-state index contributed by atoms with van der Waals surface area (Å²) in [6.07, 6.45) is 7.04. The van der Waals surface area contributed by atoms with Gasteiger partial charge in [0.1, 0.15) is 6.29 Å². The molecule has 2 rings (SSSR count). The predicted octanol–water partition coefficient (Wildman–Crippen LogP) is 0.666. The van der Waals surface area contributed by atoms with Crippen molar-refractivity contribution < 1.29 is 14.4 Å². The first kappa shape index (κ1) is 15.0. The minimum Gasteiger partial charge on any atom is -0.335 e. The standard InChI is InChI=1S/C14H23N3O3/c18-10-11-4-3-7-17(8-11)9-13(19)16-14(20)15-12-5-1-2-6-12/h10-12H,1-9H2,(H2,15,16,19,20). The molecular formula is C14H23N3O3. The van der Waals surface area contributed by atoms with Gasteiger partial charge in [0.15, 0.2) is 0 Å². The predicted molar refractivity (Wildman–Crippen MR) is 74.2 cm³/mol. The van der Waals surface area contributed by atoms with Crippen LogP contribution in [0.4, 0.5) is 4.79 Å². The highest BCUT2D eigenvalue weighted by molar-refractivity contribution is 5.95. The van der Waals surface area contributed by atoms with Crippen LogP contribution in [0.5, 0.6) is 0 Å². The molecule has 1 saturated heterocycles. The van der Waals surface area contributed by atoms with Crippen molar-refractivity contribution >= 4 is 18.2 Å². The molecule has 0 radical (unpaired) electrons. The van der Waals surface area contributed by atoms with Gasteiger partial charge in [-0.1, -0.05) is 12.8 Å². The highest BCUT2D eigenvalue weighted by Crippen LogP contribution is 2.17. The number of carbonyl (C=O) groups is 3. The average molecular weight is 281 g/mol. The van der Waals surface area contributed by atoms with Crippen molar-refractivity contribution in [1.29, 1.82) is 0 Å².